The smallest absolute Gasteiger partial charge is 0.125 e. The number of aromatic nitrogens is 2. The van der Waals surface area contributed by atoms with Crippen molar-refractivity contribution in [2.24, 2.45) is 0 Å². The molecule has 1 aromatic heterocycles. The van der Waals surface area contributed by atoms with Crippen LogP contribution >= 0.6 is 0 Å². The van der Waals surface area contributed by atoms with Gasteiger partial charge in [0.15, 0.2) is 0 Å². The Bertz CT molecular complexity index is 375. The van der Waals surface area contributed by atoms with Gasteiger partial charge in [0.1, 0.15) is 5.82 Å². The maximum atomic E-state index is 4.68. The topological polar surface area (TPSA) is 37.8 Å². The molecule has 0 amide bonds. The summed E-state index contributed by atoms with van der Waals surface area (Å²) in [4.78, 5) is 8.98. The average Bonchev–Trinajstić information content (AvgIpc) is 2.59. The second-order valence-electron chi connectivity index (χ2n) is 4.85. The van der Waals surface area contributed by atoms with Crippen LogP contribution in [0.25, 0.3) is 0 Å². The molecule has 2 heterocycles. The molecule has 1 aliphatic heterocycles. The highest BCUT2D eigenvalue weighted by atomic mass is 14.9. The van der Waals surface area contributed by atoms with Gasteiger partial charge in [-0.25, -0.2) is 9.97 Å². The van der Waals surface area contributed by atoms with Gasteiger partial charge >= 0.3 is 0 Å². The Morgan fingerprint density at radius 3 is 3.13 bits per heavy atom. The first-order valence-electron chi connectivity index (χ1n) is 5.84. The average molecular weight is 203 g/mol. The molecule has 0 bridgehead atoms. The van der Waals surface area contributed by atoms with Crippen molar-refractivity contribution >= 4 is 0 Å². The van der Waals surface area contributed by atoms with Crippen LogP contribution in [0.4, 0.5) is 0 Å². The summed E-state index contributed by atoms with van der Waals surface area (Å²) in [7, 11) is 0. The summed E-state index contributed by atoms with van der Waals surface area (Å²) >= 11 is 0. The highest BCUT2D eigenvalue weighted by Crippen LogP contribution is 2.41. The minimum atomic E-state index is 0.335. The summed E-state index contributed by atoms with van der Waals surface area (Å²) < 4.78 is 0. The molecule has 0 aromatic carbocycles. The van der Waals surface area contributed by atoms with E-state index >= 15 is 0 Å². The minimum Gasteiger partial charge on any atom is -0.316 e. The zero-order valence-electron chi connectivity index (χ0n) is 9.21. The number of hydrogen-bond acceptors (Lipinski definition) is 3. The molecule has 1 N–H and O–H groups in total. The number of aryl methyl sites for hydroxylation is 2. The van der Waals surface area contributed by atoms with Crippen molar-refractivity contribution in [3.63, 3.8) is 0 Å². The van der Waals surface area contributed by atoms with Crippen LogP contribution in [0.2, 0.25) is 0 Å². The molecule has 1 aliphatic carbocycles. The third kappa shape index (κ3) is 1.37. The highest BCUT2D eigenvalue weighted by molar-refractivity contribution is 5.33. The molecular weight excluding hydrogens is 186 g/mol. The maximum absolute atomic E-state index is 4.68. The molecule has 1 unspecified atom stereocenters. The SMILES string of the molecule is Cc1ncc2c(n1)C1(CCCNC1)CC2. The molecule has 0 saturated carbocycles. The van der Waals surface area contributed by atoms with Crippen LogP contribution in [0.5, 0.6) is 0 Å². The van der Waals surface area contributed by atoms with Crippen LogP contribution in [0.1, 0.15) is 36.3 Å². The lowest BCUT2D eigenvalue weighted by Crippen LogP contribution is -2.42. The van der Waals surface area contributed by atoms with E-state index in [-0.39, 0.29) is 0 Å². The number of fused-ring (bicyclic) bond motifs is 2. The minimum absolute atomic E-state index is 0.335. The normalized spacial score (nSPS) is 29.4. The van der Waals surface area contributed by atoms with Gasteiger partial charge in [-0.15, -0.1) is 0 Å². The van der Waals surface area contributed by atoms with Crippen molar-refractivity contribution in [3.05, 3.63) is 23.3 Å². The van der Waals surface area contributed by atoms with Crippen LogP contribution in [-0.2, 0) is 11.8 Å². The standard InChI is InChI=1S/C12H17N3/c1-9-14-7-10-3-5-12(11(10)15-9)4-2-6-13-8-12/h7,13H,2-6,8H2,1H3. The Hall–Kier alpha value is -0.960. The van der Waals surface area contributed by atoms with Crippen molar-refractivity contribution in [1.29, 1.82) is 0 Å². The highest BCUT2D eigenvalue weighted by Gasteiger charge is 2.41. The molecule has 3 heteroatoms. The van der Waals surface area contributed by atoms with Gasteiger partial charge in [-0.1, -0.05) is 0 Å². The fraction of sp³-hybridized carbons (Fsp3) is 0.667. The first kappa shape index (κ1) is 9.28. The third-order valence-electron chi connectivity index (χ3n) is 3.83. The molecule has 1 atom stereocenters. The first-order chi connectivity index (χ1) is 7.30. The Labute approximate surface area is 90.3 Å². The molecule has 1 spiro atoms. The van der Waals surface area contributed by atoms with Crippen molar-refractivity contribution in [2.45, 2.75) is 38.0 Å². The van der Waals surface area contributed by atoms with Gasteiger partial charge in [0.25, 0.3) is 0 Å². The Kier molecular flexibility index (Phi) is 2.02. The molecule has 1 saturated heterocycles. The fourth-order valence-electron chi connectivity index (χ4n) is 3.01. The van der Waals surface area contributed by atoms with E-state index in [4.69, 9.17) is 0 Å². The van der Waals surface area contributed by atoms with Gasteiger partial charge < -0.3 is 5.32 Å². The van der Waals surface area contributed by atoms with Gasteiger partial charge in [0, 0.05) is 18.2 Å². The molecule has 80 valence electrons. The number of nitrogens with zero attached hydrogens (tertiary/aromatic N) is 2. The van der Waals surface area contributed by atoms with E-state index in [9.17, 15) is 0 Å². The zero-order valence-corrected chi connectivity index (χ0v) is 9.21. The Morgan fingerprint density at radius 1 is 1.40 bits per heavy atom. The number of piperidine rings is 1. The monoisotopic (exact) mass is 203 g/mol. The van der Waals surface area contributed by atoms with Crippen LogP contribution in [0, 0.1) is 6.92 Å². The van der Waals surface area contributed by atoms with E-state index in [1.165, 1.54) is 37.1 Å². The maximum Gasteiger partial charge on any atom is 0.125 e. The second kappa shape index (κ2) is 3.27. The lowest BCUT2D eigenvalue weighted by molar-refractivity contribution is 0.305. The molecule has 2 aliphatic rings. The molecule has 3 nitrogen and oxygen atoms in total. The Balaban J connectivity index is 2.05. The van der Waals surface area contributed by atoms with E-state index in [2.05, 4.69) is 15.3 Å². The molecular formula is C12H17N3. The van der Waals surface area contributed by atoms with Gasteiger partial charge in [0.05, 0.1) is 5.69 Å². The summed E-state index contributed by atoms with van der Waals surface area (Å²) in [5.74, 6) is 0.917. The molecule has 15 heavy (non-hydrogen) atoms. The summed E-state index contributed by atoms with van der Waals surface area (Å²) in [6.45, 7) is 4.26. The van der Waals surface area contributed by atoms with Crippen molar-refractivity contribution < 1.29 is 0 Å². The van der Waals surface area contributed by atoms with Gasteiger partial charge in [-0.3, -0.25) is 0 Å². The van der Waals surface area contributed by atoms with E-state index in [0.29, 0.717) is 5.41 Å². The predicted molar refractivity (Wildman–Crippen MR) is 58.9 cm³/mol. The van der Waals surface area contributed by atoms with Crippen molar-refractivity contribution in [2.75, 3.05) is 13.1 Å². The van der Waals surface area contributed by atoms with Crippen LogP contribution in [-0.4, -0.2) is 23.1 Å². The fourth-order valence-corrected chi connectivity index (χ4v) is 3.01. The van der Waals surface area contributed by atoms with E-state index < -0.39 is 0 Å². The quantitative estimate of drug-likeness (QED) is 0.691. The summed E-state index contributed by atoms with van der Waals surface area (Å²) in [5, 5.41) is 3.52. The molecule has 1 fully saturated rings. The Morgan fingerprint density at radius 2 is 2.33 bits per heavy atom. The van der Waals surface area contributed by atoms with Crippen LogP contribution in [0.3, 0.4) is 0 Å². The van der Waals surface area contributed by atoms with Crippen LogP contribution in [0.15, 0.2) is 6.20 Å². The largest absolute Gasteiger partial charge is 0.316 e. The van der Waals surface area contributed by atoms with Gasteiger partial charge in [0.2, 0.25) is 0 Å². The van der Waals surface area contributed by atoms with Crippen LogP contribution < -0.4 is 5.32 Å². The first-order valence-corrected chi connectivity index (χ1v) is 5.84. The second-order valence-corrected chi connectivity index (χ2v) is 4.85. The van der Waals surface area contributed by atoms with Crippen molar-refractivity contribution in [3.8, 4) is 0 Å². The zero-order chi connectivity index (χ0) is 10.3. The number of nitrogens with one attached hydrogen (secondary N) is 1. The lowest BCUT2D eigenvalue weighted by atomic mass is 9.78. The number of rotatable bonds is 0. The third-order valence-corrected chi connectivity index (χ3v) is 3.83. The summed E-state index contributed by atoms with van der Waals surface area (Å²) in [6.07, 6.45) is 7.03. The van der Waals surface area contributed by atoms with E-state index in [1.807, 2.05) is 13.1 Å². The van der Waals surface area contributed by atoms with Gasteiger partial charge in [-0.2, -0.15) is 0 Å². The van der Waals surface area contributed by atoms with Gasteiger partial charge in [-0.05, 0) is 44.7 Å². The van der Waals surface area contributed by atoms with E-state index in [0.717, 1.165) is 18.8 Å². The number of hydrogen-bond donors (Lipinski definition) is 1. The summed E-state index contributed by atoms with van der Waals surface area (Å²) in [6, 6.07) is 0. The molecule has 1 aromatic rings. The lowest BCUT2D eigenvalue weighted by Gasteiger charge is -2.34. The summed E-state index contributed by atoms with van der Waals surface area (Å²) in [5.41, 5.74) is 3.05. The molecule has 3 rings (SSSR count). The van der Waals surface area contributed by atoms with Crippen molar-refractivity contribution in [1.82, 2.24) is 15.3 Å². The predicted octanol–water partition coefficient (Wildman–Crippen LogP) is 1.35. The molecule has 0 radical (unpaired) electrons. The van der Waals surface area contributed by atoms with E-state index in [1.54, 1.807) is 0 Å².